The van der Waals surface area contributed by atoms with Crippen molar-refractivity contribution in [2.24, 2.45) is 17.8 Å². The summed E-state index contributed by atoms with van der Waals surface area (Å²) in [6, 6.07) is 6.96. The Kier molecular flexibility index (Phi) is 12.9. The zero-order valence-electron chi connectivity index (χ0n) is 21.3. The normalized spacial score (nSPS) is 13.8. The van der Waals surface area contributed by atoms with Crippen LogP contribution in [0.1, 0.15) is 66.4 Å². The van der Waals surface area contributed by atoms with Gasteiger partial charge in [-0.3, -0.25) is 9.59 Å². The molecule has 3 N–H and O–H groups in total. The second-order valence-corrected chi connectivity index (χ2v) is 9.96. The molecule has 8 nitrogen and oxygen atoms in total. The molecular formula is C26H41N3O5. The van der Waals surface area contributed by atoms with Crippen molar-refractivity contribution < 1.29 is 23.9 Å². The van der Waals surface area contributed by atoms with E-state index in [4.69, 9.17) is 4.74 Å². The van der Waals surface area contributed by atoms with Crippen LogP contribution in [-0.4, -0.2) is 42.3 Å². The molecule has 0 saturated carbocycles. The fraction of sp³-hybridized carbons (Fsp3) is 0.615. The minimum absolute atomic E-state index is 0.0873. The Hall–Kier alpha value is -2.90. The molecule has 1 aromatic carbocycles. The monoisotopic (exact) mass is 475 g/mol. The molecule has 0 spiro atoms. The summed E-state index contributed by atoms with van der Waals surface area (Å²) in [7, 11) is 0. The first kappa shape index (κ1) is 29.1. The molecule has 0 aliphatic carbocycles. The van der Waals surface area contributed by atoms with E-state index >= 15 is 0 Å². The molecule has 0 bridgehead atoms. The molecule has 34 heavy (non-hydrogen) atoms. The highest BCUT2D eigenvalue weighted by molar-refractivity contribution is 5.92. The first-order valence-corrected chi connectivity index (χ1v) is 12.0. The molecule has 0 heterocycles. The van der Waals surface area contributed by atoms with Crippen molar-refractivity contribution in [1.29, 1.82) is 0 Å². The first-order chi connectivity index (χ1) is 16.0. The standard InChI is InChI=1S/C26H41N3O5/c1-17(2)12-21(15-30)27-24(31)22(13-18(3)4)28-25(32)23(14-19(5)6)29-26(33)34-16-20-10-8-7-9-11-20/h7-11,15,17-19,21-23H,12-14,16H2,1-6H3,(H,27,31)(H,28,32)(H,29,33)/t21?,22-,23?/m0/s1. The Balaban J connectivity index is 2.84. The zero-order chi connectivity index (χ0) is 25.7. The third-order valence-electron chi connectivity index (χ3n) is 5.09. The number of rotatable bonds is 14. The number of nitrogens with one attached hydrogen (secondary N) is 3. The second-order valence-electron chi connectivity index (χ2n) is 9.96. The van der Waals surface area contributed by atoms with Crippen LogP contribution in [0.15, 0.2) is 30.3 Å². The second kappa shape index (κ2) is 15.1. The molecular weight excluding hydrogens is 434 g/mol. The van der Waals surface area contributed by atoms with Crippen LogP contribution in [0, 0.1) is 17.8 Å². The number of carbonyl (C=O) groups excluding carboxylic acids is 4. The van der Waals surface area contributed by atoms with Crippen molar-refractivity contribution in [1.82, 2.24) is 16.0 Å². The summed E-state index contributed by atoms with van der Waals surface area (Å²) in [4.78, 5) is 49.7. The Bertz CT molecular complexity index is 780. The van der Waals surface area contributed by atoms with Gasteiger partial charge in [-0.05, 0) is 42.6 Å². The van der Waals surface area contributed by atoms with Crippen LogP contribution in [-0.2, 0) is 25.7 Å². The van der Waals surface area contributed by atoms with Crippen LogP contribution >= 0.6 is 0 Å². The highest BCUT2D eigenvalue weighted by Gasteiger charge is 2.29. The predicted molar refractivity (Wildman–Crippen MR) is 132 cm³/mol. The SMILES string of the molecule is CC(C)CC(C=O)NC(=O)[C@H](CC(C)C)NC(=O)C(CC(C)C)NC(=O)OCc1ccccc1. The Morgan fingerprint density at radius 1 is 0.765 bits per heavy atom. The van der Waals surface area contributed by atoms with Crippen molar-refractivity contribution in [3.05, 3.63) is 35.9 Å². The molecule has 0 fully saturated rings. The lowest BCUT2D eigenvalue weighted by Gasteiger charge is -2.26. The highest BCUT2D eigenvalue weighted by atomic mass is 16.5. The fourth-order valence-corrected chi connectivity index (χ4v) is 3.52. The molecule has 0 aliphatic rings. The van der Waals surface area contributed by atoms with Crippen LogP contribution in [0.4, 0.5) is 4.79 Å². The average Bonchev–Trinajstić information content (AvgIpc) is 2.76. The molecule has 190 valence electrons. The van der Waals surface area contributed by atoms with E-state index in [1.165, 1.54) is 0 Å². The molecule has 3 atom stereocenters. The van der Waals surface area contributed by atoms with Gasteiger partial charge < -0.3 is 25.5 Å². The number of carbonyl (C=O) groups is 4. The van der Waals surface area contributed by atoms with Gasteiger partial charge in [-0.25, -0.2) is 4.79 Å². The Labute approximate surface area is 203 Å². The van der Waals surface area contributed by atoms with Crippen LogP contribution in [0.25, 0.3) is 0 Å². The van der Waals surface area contributed by atoms with E-state index in [1.54, 1.807) is 0 Å². The molecule has 2 unspecified atom stereocenters. The zero-order valence-corrected chi connectivity index (χ0v) is 21.3. The van der Waals surface area contributed by atoms with E-state index in [-0.39, 0.29) is 24.4 Å². The molecule has 0 aliphatic heterocycles. The van der Waals surface area contributed by atoms with Gasteiger partial charge in [0.2, 0.25) is 11.8 Å². The summed E-state index contributed by atoms with van der Waals surface area (Å²) in [5.74, 6) is -0.390. The average molecular weight is 476 g/mol. The summed E-state index contributed by atoms with van der Waals surface area (Å²) in [6.07, 6.45) is 1.32. The molecule has 1 aromatic rings. The minimum Gasteiger partial charge on any atom is -0.445 e. The quantitative estimate of drug-likeness (QED) is 0.356. The van der Waals surface area contributed by atoms with Crippen molar-refractivity contribution in [3.8, 4) is 0 Å². The number of hydrogen-bond donors (Lipinski definition) is 3. The van der Waals surface area contributed by atoms with Gasteiger partial charge in [-0.2, -0.15) is 0 Å². The number of amides is 3. The summed E-state index contributed by atoms with van der Waals surface area (Å²) in [6.45, 7) is 11.8. The van der Waals surface area contributed by atoms with Crippen molar-refractivity contribution in [2.75, 3.05) is 0 Å². The number of benzene rings is 1. The van der Waals surface area contributed by atoms with E-state index in [0.29, 0.717) is 19.3 Å². The fourth-order valence-electron chi connectivity index (χ4n) is 3.52. The highest BCUT2D eigenvalue weighted by Crippen LogP contribution is 2.11. The van der Waals surface area contributed by atoms with Crippen LogP contribution < -0.4 is 16.0 Å². The maximum Gasteiger partial charge on any atom is 0.408 e. The third kappa shape index (κ3) is 11.8. The number of alkyl carbamates (subject to hydrolysis) is 1. The lowest BCUT2D eigenvalue weighted by Crippen LogP contribution is -2.55. The van der Waals surface area contributed by atoms with E-state index < -0.39 is 36.0 Å². The minimum atomic E-state index is -0.858. The molecule has 0 saturated heterocycles. The van der Waals surface area contributed by atoms with E-state index in [1.807, 2.05) is 71.9 Å². The van der Waals surface area contributed by atoms with Gasteiger partial charge in [-0.15, -0.1) is 0 Å². The van der Waals surface area contributed by atoms with Gasteiger partial charge in [0.05, 0.1) is 6.04 Å². The lowest BCUT2D eigenvalue weighted by atomic mass is 9.99. The van der Waals surface area contributed by atoms with Gasteiger partial charge in [-0.1, -0.05) is 71.9 Å². The first-order valence-electron chi connectivity index (χ1n) is 12.0. The Morgan fingerprint density at radius 2 is 1.26 bits per heavy atom. The molecule has 8 heteroatoms. The molecule has 0 radical (unpaired) electrons. The number of aldehydes is 1. The molecule has 3 amide bonds. The van der Waals surface area contributed by atoms with Gasteiger partial charge in [0.15, 0.2) is 0 Å². The summed E-state index contributed by atoms with van der Waals surface area (Å²) in [5.41, 5.74) is 0.835. The third-order valence-corrected chi connectivity index (χ3v) is 5.09. The smallest absolute Gasteiger partial charge is 0.408 e. The maximum atomic E-state index is 13.1. The predicted octanol–water partition coefficient (Wildman–Crippen LogP) is 3.59. The van der Waals surface area contributed by atoms with E-state index in [9.17, 15) is 19.2 Å². The van der Waals surface area contributed by atoms with Gasteiger partial charge in [0, 0.05) is 0 Å². The van der Waals surface area contributed by atoms with Crippen molar-refractivity contribution in [3.63, 3.8) is 0 Å². The number of ether oxygens (including phenoxy) is 1. The Morgan fingerprint density at radius 3 is 1.76 bits per heavy atom. The van der Waals surface area contributed by atoms with Gasteiger partial charge >= 0.3 is 6.09 Å². The van der Waals surface area contributed by atoms with Gasteiger partial charge in [0.1, 0.15) is 25.0 Å². The maximum absolute atomic E-state index is 13.1. The van der Waals surface area contributed by atoms with Crippen LogP contribution in [0.3, 0.4) is 0 Å². The van der Waals surface area contributed by atoms with Crippen molar-refractivity contribution in [2.45, 2.75) is 85.5 Å². The van der Waals surface area contributed by atoms with Gasteiger partial charge in [0.25, 0.3) is 0 Å². The summed E-state index contributed by atoms with van der Waals surface area (Å²) < 4.78 is 5.26. The largest absolute Gasteiger partial charge is 0.445 e. The summed E-state index contributed by atoms with van der Waals surface area (Å²) >= 11 is 0. The molecule has 1 rings (SSSR count). The number of hydrogen-bond acceptors (Lipinski definition) is 5. The molecule has 0 aromatic heterocycles. The van der Waals surface area contributed by atoms with E-state index in [2.05, 4.69) is 16.0 Å². The van der Waals surface area contributed by atoms with Crippen molar-refractivity contribution >= 4 is 24.2 Å². The summed E-state index contributed by atoms with van der Waals surface area (Å²) in [5, 5.41) is 8.15. The van der Waals surface area contributed by atoms with E-state index in [0.717, 1.165) is 11.8 Å². The topological polar surface area (TPSA) is 114 Å². The lowest BCUT2D eigenvalue weighted by molar-refractivity contribution is -0.131. The van der Waals surface area contributed by atoms with Crippen LogP contribution in [0.5, 0.6) is 0 Å². The van der Waals surface area contributed by atoms with Crippen LogP contribution in [0.2, 0.25) is 0 Å².